The van der Waals surface area contributed by atoms with Crippen LogP contribution in [-0.4, -0.2) is 78.4 Å². The summed E-state index contributed by atoms with van der Waals surface area (Å²) in [5, 5.41) is 9.54. The van der Waals surface area contributed by atoms with Gasteiger partial charge in [0, 0.05) is 25.4 Å². The van der Waals surface area contributed by atoms with Gasteiger partial charge in [-0.05, 0) is 63.3 Å². The maximum Gasteiger partial charge on any atom is 0.312 e. The summed E-state index contributed by atoms with van der Waals surface area (Å²) in [6.07, 6.45) is 6.05. The summed E-state index contributed by atoms with van der Waals surface area (Å²) in [5.74, 6) is -2.07. The van der Waals surface area contributed by atoms with Crippen molar-refractivity contribution in [1.82, 2.24) is 4.90 Å². The summed E-state index contributed by atoms with van der Waals surface area (Å²) >= 11 is 0. The number of carbonyl (C=O) groups excluding carboxylic acids is 3. The van der Waals surface area contributed by atoms with Crippen LogP contribution in [0.1, 0.15) is 39.0 Å². The van der Waals surface area contributed by atoms with Gasteiger partial charge < -0.3 is 29.1 Å². The van der Waals surface area contributed by atoms with E-state index in [1.807, 2.05) is 6.92 Å². The van der Waals surface area contributed by atoms with Gasteiger partial charge in [0.05, 0.1) is 25.2 Å². The first-order chi connectivity index (χ1) is 18.3. The number of nitrogens with zero attached hydrogens (tertiary/aromatic N) is 2. The smallest absolute Gasteiger partial charge is 0.312 e. The SMILES string of the molecule is C=CCCCOC(=O)[C@@H]1[C@H]2C(=O)N(CCCO)C(C(=O)N(CC=C)c3ccc(OC)cc3)C23CC[C@@]1(C)O3. The molecule has 206 valence electrons. The third-order valence-corrected chi connectivity index (χ3v) is 8.08. The van der Waals surface area contributed by atoms with Crippen molar-refractivity contribution in [2.45, 2.75) is 56.3 Å². The highest BCUT2D eigenvalue weighted by Gasteiger charge is 2.78. The van der Waals surface area contributed by atoms with Crippen molar-refractivity contribution in [3.63, 3.8) is 0 Å². The van der Waals surface area contributed by atoms with Gasteiger partial charge in [-0.15, -0.1) is 13.2 Å². The minimum absolute atomic E-state index is 0.134. The number of carbonyl (C=O) groups is 3. The van der Waals surface area contributed by atoms with Crippen LogP contribution in [0.5, 0.6) is 5.75 Å². The lowest BCUT2D eigenvalue weighted by atomic mass is 9.66. The molecule has 3 saturated heterocycles. The molecule has 1 spiro atoms. The molecule has 1 aromatic carbocycles. The summed E-state index contributed by atoms with van der Waals surface area (Å²) in [6, 6.07) is 6.14. The third kappa shape index (κ3) is 4.62. The number of amides is 2. The molecular formula is C29H38N2O7. The highest BCUT2D eigenvalue weighted by atomic mass is 16.6. The topological polar surface area (TPSA) is 106 Å². The number of aliphatic hydroxyl groups excluding tert-OH is 1. The van der Waals surface area contributed by atoms with Gasteiger partial charge >= 0.3 is 5.97 Å². The Balaban J connectivity index is 1.71. The number of methoxy groups -OCH3 is 1. The fourth-order valence-corrected chi connectivity index (χ4v) is 6.40. The molecule has 1 aromatic rings. The predicted octanol–water partition coefficient (Wildman–Crippen LogP) is 2.87. The van der Waals surface area contributed by atoms with Crippen molar-refractivity contribution in [1.29, 1.82) is 0 Å². The lowest BCUT2D eigenvalue weighted by Gasteiger charge is -2.36. The Morgan fingerprint density at radius 2 is 1.95 bits per heavy atom. The average molecular weight is 527 g/mol. The number of hydrogen-bond donors (Lipinski definition) is 1. The summed E-state index contributed by atoms with van der Waals surface area (Å²) < 4.78 is 17.5. The van der Waals surface area contributed by atoms with Crippen molar-refractivity contribution in [2.24, 2.45) is 11.8 Å². The number of esters is 1. The molecule has 3 fully saturated rings. The summed E-state index contributed by atoms with van der Waals surface area (Å²) in [6.45, 7) is 9.84. The highest BCUT2D eigenvalue weighted by Crippen LogP contribution is 2.63. The first kappa shape index (κ1) is 27.9. The van der Waals surface area contributed by atoms with Crippen molar-refractivity contribution in [2.75, 3.05) is 38.3 Å². The number of benzene rings is 1. The van der Waals surface area contributed by atoms with Crippen LogP contribution in [0.15, 0.2) is 49.6 Å². The minimum atomic E-state index is -1.16. The van der Waals surface area contributed by atoms with E-state index in [9.17, 15) is 19.5 Å². The molecule has 2 bridgehead atoms. The largest absolute Gasteiger partial charge is 0.497 e. The molecule has 0 aliphatic carbocycles. The number of anilines is 1. The Labute approximate surface area is 224 Å². The van der Waals surface area contributed by atoms with Crippen molar-refractivity contribution >= 4 is 23.5 Å². The molecule has 3 heterocycles. The second-order valence-electron chi connectivity index (χ2n) is 10.4. The minimum Gasteiger partial charge on any atom is -0.497 e. The molecular weight excluding hydrogens is 488 g/mol. The van der Waals surface area contributed by atoms with Crippen LogP contribution >= 0.6 is 0 Å². The first-order valence-electron chi connectivity index (χ1n) is 13.2. The van der Waals surface area contributed by atoms with E-state index < -0.39 is 35.0 Å². The molecule has 1 N–H and O–H groups in total. The van der Waals surface area contributed by atoms with Crippen molar-refractivity contribution in [3.05, 3.63) is 49.6 Å². The van der Waals surface area contributed by atoms with E-state index >= 15 is 0 Å². The maximum absolute atomic E-state index is 14.3. The Morgan fingerprint density at radius 1 is 1.21 bits per heavy atom. The monoisotopic (exact) mass is 526 g/mol. The van der Waals surface area contributed by atoms with Crippen LogP contribution in [0, 0.1) is 11.8 Å². The van der Waals surface area contributed by atoms with E-state index in [0.29, 0.717) is 43.5 Å². The average Bonchev–Trinajstić information content (AvgIpc) is 3.48. The zero-order chi connectivity index (χ0) is 27.5. The Kier molecular flexibility index (Phi) is 8.28. The lowest BCUT2D eigenvalue weighted by molar-refractivity contribution is -0.159. The van der Waals surface area contributed by atoms with Gasteiger partial charge in [0.1, 0.15) is 23.3 Å². The lowest BCUT2D eigenvalue weighted by Crippen LogP contribution is -2.56. The van der Waals surface area contributed by atoms with Gasteiger partial charge in [0.2, 0.25) is 5.91 Å². The molecule has 3 aliphatic heterocycles. The molecule has 9 nitrogen and oxygen atoms in total. The first-order valence-corrected chi connectivity index (χ1v) is 13.2. The molecule has 5 atom stereocenters. The number of aliphatic hydroxyl groups is 1. The summed E-state index contributed by atoms with van der Waals surface area (Å²) in [5.41, 5.74) is -1.43. The van der Waals surface area contributed by atoms with Crippen LogP contribution in [-0.2, 0) is 23.9 Å². The number of hydrogen-bond acceptors (Lipinski definition) is 7. The van der Waals surface area contributed by atoms with Gasteiger partial charge in [-0.3, -0.25) is 14.4 Å². The quantitative estimate of drug-likeness (QED) is 0.239. The molecule has 0 radical (unpaired) electrons. The predicted molar refractivity (Wildman–Crippen MR) is 142 cm³/mol. The second-order valence-corrected chi connectivity index (χ2v) is 10.4. The molecule has 2 amide bonds. The zero-order valence-electron chi connectivity index (χ0n) is 22.3. The molecule has 2 unspecified atom stereocenters. The normalized spacial score (nSPS) is 29.2. The van der Waals surface area contributed by atoms with Crippen LogP contribution in [0.25, 0.3) is 0 Å². The van der Waals surface area contributed by atoms with Crippen molar-refractivity contribution < 1.29 is 33.7 Å². The molecule has 0 saturated carbocycles. The van der Waals surface area contributed by atoms with Gasteiger partial charge in [-0.2, -0.15) is 0 Å². The van der Waals surface area contributed by atoms with E-state index in [-0.39, 0.29) is 38.1 Å². The standard InChI is InChI=1S/C29H38N2O7/c1-5-7-8-19-37-27(35)23-22-25(33)31(17-9-18-32)24(29(22)15-14-28(23,3)38-29)26(34)30(16-6-2)20-10-12-21(36-4)13-11-20/h5-6,10-13,22-24,32H,1-2,7-9,14-19H2,3-4H3/t22-,23-,24?,28+,29?/m0/s1. The Hall–Kier alpha value is -3.17. The maximum atomic E-state index is 14.3. The summed E-state index contributed by atoms with van der Waals surface area (Å²) in [4.78, 5) is 44.7. The number of likely N-dealkylation sites (tertiary alicyclic amines) is 1. The molecule has 0 aromatic heterocycles. The number of rotatable bonds is 13. The molecule has 38 heavy (non-hydrogen) atoms. The number of unbranched alkanes of at least 4 members (excludes halogenated alkanes) is 1. The summed E-state index contributed by atoms with van der Waals surface area (Å²) in [7, 11) is 1.57. The number of fused-ring (bicyclic) bond motifs is 1. The van der Waals surface area contributed by atoms with Crippen molar-refractivity contribution in [3.8, 4) is 5.75 Å². The van der Waals surface area contributed by atoms with Gasteiger partial charge in [0.25, 0.3) is 5.91 Å². The Morgan fingerprint density at radius 3 is 2.58 bits per heavy atom. The van der Waals surface area contributed by atoms with E-state index in [1.54, 1.807) is 48.4 Å². The second kappa shape index (κ2) is 11.3. The highest BCUT2D eigenvalue weighted by molar-refractivity contribution is 6.04. The van der Waals surface area contributed by atoms with Crippen LogP contribution in [0.3, 0.4) is 0 Å². The zero-order valence-corrected chi connectivity index (χ0v) is 22.3. The van der Waals surface area contributed by atoms with E-state index in [0.717, 1.165) is 0 Å². The fraction of sp³-hybridized carbons (Fsp3) is 0.552. The van der Waals surface area contributed by atoms with Gasteiger partial charge in [-0.1, -0.05) is 12.2 Å². The van der Waals surface area contributed by atoms with E-state index in [1.165, 1.54) is 4.90 Å². The number of allylic oxidation sites excluding steroid dienone is 1. The van der Waals surface area contributed by atoms with Crippen LogP contribution in [0.4, 0.5) is 5.69 Å². The molecule has 3 aliphatic rings. The van der Waals surface area contributed by atoms with E-state index in [4.69, 9.17) is 14.2 Å². The van der Waals surface area contributed by atoms with Crippen LogP contribution in [0.2, 0.25) is 0 Å². The van der Waals surface area contributed by atoms with Gasteiger partial charge in [-0.25, -0.2) is 0 Å². The van der Waals surface area contributed by atoms with Crippen LogP contribution < -0.4 is 9.64 Å². The van der Waals surface area contributed by atoms with Gasteiger partial charge in [0.15, 0.2) is 0 Å². The fourth-order valence-electron chi connectivity index (χ4n) is 6.40. The number of ether oxygens (including phenoxy) is 3. The van der Waals surface area contributed by atoms with E-state index in [2.05, 4.69) is 13.2 Å². The molecule has 9 heteroatoms. The Bertz CT molecular complexity index is 1070. The molecule has 4 rings (SSSR count). The third-order valence-electron chi connectivity index (χ3n) is 8.08.